The van der Waals surface area contributed by atoms with E-state index in [0.29, 0.717) is 28.5 Å². The molecule has 9 nitrogen and oxygen atoms in total. The number of hydrogen-bond donors (Lipinski definition) is 0. The first-order valence-corrected chi connectivity index (χ1v) is 18.6. The highest BCUT2D eigenvalue weighted by Gasteiger charge is 2.22. The van der Waals surface area contributed by atoms with E-state index in [1.807, 2.05) is 48.4 Å². The zero-order chi connectivity index (χ0) is 36.0. The van der Waals surface area contributed by atoms with Gasteiger partial charge in [-0.1, -0.05) is 110 Å². The number of aliphatic carboxylic acids is 2. The standard InChI is InChI=1S/C19H37NO4.C19H37NO3/c1-5-6-7-8-9-10-11-12-13-14-19(23)24-17(15-18(21)22)16-20(2,3)4;1-5-6-7-8-9-10-11-12-13-14-15-23-18(16-19(21)22)17-20(2,3)4/h17H,5-16H2,1-4H3;14-15,18H,5-13,16-17H2,1-4H3. The molecule has 2 unspecified atom stereocenters. The van der Waals surface area contributed by atoms with Gasteiger partial charge < -0.3 is 38.2 Å². The summed E-state index contributed by atoms with van der Waals surface area (Å²) < 4.78 is 12.1. The van der Waals surface area contributed by atoms with Crippen molar-refractivity contribution < 1.29 is 43.0 Å². The highest BCUT2D eigenvalue weighted by molar-refractivity contribution is 5.70. The van der Waals surface area contributed by atoms with Crippen LogP contribution in [0.3, 0.4) is 0 Å². The molecule has 0 aromatic carbocycles. The minimum Gasteiger partial charge on any atom is -0.550 e. The molecule has 0 heterocycles. The summed E-state index contributed by atoms with van der Waals surface area (Å²) in [5.41, 5.74) is 0. The first-order chi connectivity index (χ1) is 22.1. The van der Waals surface area contributed by atoms with Crippen LogP contribution in [0, 0.1) is 0 Å². The molecule has 278 valence electrons. The summed E-state index contributed by atoms with van der Waals surface area (Å²) in [6.07, 6.45) is 25.1. The Kier molecular flexibility index (Phi) is 30.0. The molecule has 9 heteroatoms. The molecule has 0 rings (SSSR count). The maximum Gasteiger partial charge on any atom is 0.306 e. The topological polar surface area (TPSA) is 116 Å². The lowest BCUT2D eigenvalue weighted by Gasteiger charge is -2.29. The number of nitrogens with zero attached hydrogens (tertiary/aromatic N) is 2. The van der Waals surface area contributed by atoms with Crippen LogP contribution in [0.5, 0.6) is 0 Å². The second kappa shape index (κ2) is 30.0. The zero-order valence-electron chi connectivity index (χ0n) is 31.8. The molecule has 0 aromatic heterocycles. The Labute approximate surface area is 289 Å². The van der Waals surface area contributed by atoms with Crippen molar-refractivity contribution in [2.24, 2.45) is 0 Å². The van der Waals surface area contributed by atoms with Gasteiger partial charge in [0.2, 0.25) is 0 Å². The van der Waals surface area contributed by atoms with Gasteiger partial charge in [0.15, 0.2) is 12.2 Å². The predicted octanol–water partition coefficient (Wildman–Crippen LogP) is 5.93. The highest BCUT2D eigenvalue weighted by Crippen LogP contribution is 2.13. The average molecular weight is 671 g/mol. The first-order valence-electron chi connectivity index (χ1n) is 18.6. The van der Waals surface area contributed by atoms with Crippen molar-refractivity contribution in [3.63, 3.8) is 0 Å². The van der Waals surface area contributed by atoms with Crippen LogP contribution in [0.25, 0.3) is 0 Å². The van der Waals surface area contributed by atoms with E-state index >= 15 is 0 Å². The second-order valence-corrected chi connectivity index (χ2v) is 15.2. The lowest BCUT2D eigenvalue weighted by Crippen LogP contribution is -2.45. The molecule has 0 radical (unpaired) electrons. The summed E-state index contributed by atoms with van der Waals surface area (Å²) in [7, 11) is 11.9. The molecule has 0 saturated heterocycles. The molecule has 0 spiro atoms. The van der Waals surface area contributed by atoms with Gasteiger partial charge in [-0.05, 0) is 25.3 Å². The highest BCUT2D eigenvalue weighted by atomic mass is 16.5. The lowest BCUT2D eigenvalue weighted by molar-refractivity contribution is -0.873. The monoisotopic (exact) mass is 671 g/mol. The minimum absolute atomic E-state index is 0.0579. The van der Waals surface area contributed by atoms with Crippen molar-refractivity contribution in [1.29, 1.82) is 0 Å². The summed E-state index contributed by atoms with van der Waals surface area (Å²) in [6, 6.07) is 0. The zero-order valence-corrected chi connectivity index (χ0v) is 31.8. The SMILES string of the molecule is CCCCCCCCCCC=COC(CC(=O)[O-])C[N+](C)(C)C.CCCCCCCCCCCC(=O)OC(CC(=O)[O-])C[N+](C)(C)C. The molecule has 0 aromatic rings. The van der Waals surface area contributed by atoms with E-state index in [0.717, 1.165) is 25.7 Å². The van der Waals surface area contributed by atoms with E-state index in [9.17, 15) is 24.6 Å². The fraction of sp³-hybridized carbons (Fsp3) is 0.868. The molecule has 0 aliphatic carbocycles. The van der Waals surface area contributed by atoms with E-state index in [4.69, 9.17) is 9.47 Å². The quantitative estimate of drug-likeness (QED) is 0.0403. The maximum absolute atomic E-state index is 11.9. The molecule has 0 fully saturated rings. The summed E-state index contributed by atoms with van der Waals surface area (Å²) in [5.74, 6) is -2.53. The number of hydrogen-bond acceptors (Lipinski definition) is 7. The summed E-state index contributed by atoms with van der Waals surface area (Å²) >= 11 is 0. The second-order valence-electron chi connectivity index (χ2n) is 15.2. The van der Waals surface area contributed by atoms with Crippen LogP contribution in [-0.4, -0.2) is 94.5 Å². The number of likely N-dealkylation sites (N-methyl/N-ethyl adjacent to an activating group) is 2. The van der Waals surface area contributed by atoms with Gasteiger partial charge in [0.05, 0.1) is 48.5 Å². The third kappa shape index (κ3) is 40.0. The number of unbranched alkanes of at least 4 members (excludes halogenated alkanes) is 16. The van der Waals surface area contributed by atoms with Crippen LogP contribution in [0.4, 0.5) is 0 Å². The van der Waals surface area contributed by atoms with Gasteiger partial charge in [-0.3, -0.25) is 4.79 Å². The molecule has 0 saturated carbocycles. The molecular weight excluding hydrogens is 596 g/mol. The molecule has 0 bridgehead atoms. The molecule has 0 aliphatic heterocycles. The van der Waals surface area contributed by atoms with Crippen LogP contribution in [0.2, 0.25) is 0 Å². The first kappa shape index (κ1) is 47.0. The van der Waals surface area contributed by atoms with E-state index in [2.05, 4.69) is 13.8 Å². The molecule has 0 N–H and O–H groups in total. The Hall–Kier alpha value is -2.13. The van der Waals surface area contributed by atoms with E-state index < -0.39 is 18.0 Å². The third-order valence-corrected chi connectivity index (χ3v) is 7.67. The van der Waals surface area contributed by atoms with Crippen molar-refractivity contribution in [2.75, 3.05) is 55.4 Å². The number of carboxylic acids is 2. The fourth-order valence-electron chi connectivity index (χ4n) is 5.35. The summed E-state index contributed by atoms with van der Waals surface area (Å²) in [5, 5.41) is 21.6. The lowest BCUT2D eigenvalue weighted by atomic mass is 10.1. The van der Waals surface area contributed by atoms with E-state index in [1.165, 1.54) is 89.9 Å². The summed E-state index contributed by atoms with van der Waals surface area (Å²) in [6.45, 7) is 5.58. The maximum atomic E-state index is 11.9. The van der Waals surface area contributed by atoms with Crippen LogP contribution in [0.1, 0.15) is 149 Å². The Morgan fingerprint density at radius 1 is 0.574 bits per heavy atom. The number of quaternary nitrogens is 2. The van der Waals surface area contributed by atoms with Crippen molar-refractivity contribution in [1.82, 2.24) is 0 Å². The predicted molar refractivity (Wildman–Crippen MR) is 188 cm³/mol. The minimum atomic E-state index is -1.18. The fourth-order valence-corrected chi connectivity index (χ4v) is 5.35. The Morgan fingerprint density at radius 3 is 1.38 bits per heavy atom. The Bertz CT molecular complexity index is 803. The molecule has 47 heavy (non-hydrogen) atoms. The number of rotatable bonds is 30. The number of carbonyl (C=O) groups is 3. The molecule has 2 atom stereocenters. The number of carbonyl (C=O) groups excluding carboxylic acids is 3. The third-order valence-electron chi connectivity index (χ3n) is 7.67. The number of allylic oxidation sites excluding steroid dienone is 1. The van der Waals surface area contributed by atoms with Gasteiger partial charge in [0, 0.05) is 31.2 Å². The Balaban J connectivity index is 0. The van der Waals surface area contributed by atoms with Crippen molar-refractivity contribution in [2.45, 2.75) is 161 Å². The number of ether oxygens (including phenoxy) is 2. The molecule has 0 amide bonds. The summed E-state index contributed by atoms with van der Waals surface area (Å²) in [4.78, 5) is 33.5. The Morgan fingerprint density at radius 2 is 0.957 bits per heavy atom. The normalized spacial score (nSPS) is 13.1. The van der Waals surface area contributed by atoms with Crippen LogP contribution >= 0.6 is 0 Å². The average Bonchev–Trinajstić information content (AvgIpc) is 2.93. The molecule has 0 aliphatic rings. The van der Waals surface area contributed by atoms with Gasteiger partial charge in [-0.25, -0.2) is 0 Å². The van der Waals surface area contributed by atoms with Crippen LogP contribution in [-0.2, 0) is 23.9 Å². The van der Waals surface area contributed by atoms with E-state index in [-0.39, 0.29) is 24.9 Å². The van der Waals surface area contributed by atoms with Gasteiger partial charge in [-0.2, -0.15) is 0 Å². The van der Waals surface area contributed by atoms with Gasteiger partial charge in [-0.15, -0.1) is 0 Å². The van der Waals surface area contributed by atoms with Gasteiger partial charge >= 0.3 is 5.97 Å². The largest absolute Gasteiger partial charge is 0.550 e. The smallest absolute Gasteiger partial charge is 0.306 e. The van der Waals surface area contributed by atoms with Crippen molar-refractivity contribution in [3.05, 3.63) is 12.3 Å². The number of esters is 1. The van der Waals surface area contributed by atoms with Crippen LogP contribution < -0.4 is 10.2 Å². The van der Waals surface area contributed by atoms with Crippen molar-refractivity contribution >= 4 is 17.9 Å². The number of carboxylic acid groups (broad SMARTS) is 2. The van der Waals surface area contributed by atoms with E-state index in [1.54, 1.807) is 6.26 Å². The van der Waals surface area contributed by atoms with Gasteiger partial charge in [0.25, 0.3) is 0 Å². The van der Waals surface area contributed by atoms with Crippen LogP contribution in [0.15, 0.2) is 12.3 Å². The van der Waals surface area contributed by atoms with Gasteiger partial charge in [0.1, 0.15) is 13.1 Å². The van der Waals surface area contributed by atoms with Crippen molar-refractivity contribution in [3.8, 4) is 0 Å². The molecular formula is C38H74N2O7.